The van der Waals surface area contributed by atoms with Gasteiger partial charge in [0, 0.05) is 72.8 Å². The Labute approximate surface area is 262 Å². The number of para-hydroxylation sites is 2. The summed E-state index contributed by atoms with van der Waals surface area (Å²) in [7, 11) is 1.68. The summed E-state index contributed by atoms with van der Waals surface area (Å²) in [5, 5.41) is 6.74. The molecule has 2 aliphatic rings. The Hall–Kier alpha value is -3.50. The molecule has 0 spiro atoms. The van der Waals surface area contributed by atoms with Gasteiger partial charge in [-0.2, -0.15) is 0 Å². The standard InChI is InChI=1S/C32H37Cl2N5O4/c1-42-30-6-3-2-5-29(30)39-13-11-38(12-14-39)28-8-7-26(36-31(40)23-19-24(33)21-25(34)20-23)22-27(28)32(41)35-9-4-10-37-15-17-43-18-16-37/h2-3,5-8,19-22H,4,9-18H2,1H3,(H,35,41)(H,36,40). The molecule has 2 saturated heterocycles. The first kappa shape index (κ1) is 30.9. The zero-order chi connectivity index (χ0) is 30.2. The number of hydrogen-bond acceptors (Lipinski definition) is 7. The molecule has 2 fully saturated rings. The van der Waals surface area contributed by atoms with Crippen LogP contribution in [0.15, 0.2) is 60.7 Å². The minimum atomic E-state index is -0.362. The summed E-state index contributed by atoms with van der Waals surface area (Å²) in [4.78, 5) is 33.4. The summed E-state index contributed by atoms with van der Waals surface area (Å²) in [6.45, 7) is 7.78. The van der Waals surface area contributed by atoms with Crippen LogP contribution in [0.3, 0.4) is 0 Å². The van der Waals surface area contributed by atoms with E-state index in [4.69, 9.17) is 32.7 Å². The minimum absolute atomic E-state index is 0.175. The second-order valence-electron chi connectivity index (χ2n) is 10.6. The van der Waals surface area contributed by atoms with Crippen LogP contribution in [-0.4, -0.2) is 89.4 Å². The smallest absolute Gasteiger partial charge is 0.255 e. The Morgan fingerprint density at radius 3 is 2.21 bits per heavy atom. The molecule has 0 atom stereocenters. The van der Waals surface area contributed by atoms with E-state index in [2.05, 4.69) is 31.4 Å². The highest BCUT2D eigenvalue weighted by Crippen LogP contribution is 2.31. The Morgan fingerprint density at radius 2 is 1.51 bits per heavy atom. The fraction of sp³-hybridized carbons (Fsp3) is 0.375. The fourth-order valence-corrected chi connectivity index (χ4v) is 5.99. The summed E-state index contributed by atoms with van der Waals surface area (Å²) < 4.78 is 11.0. The predicted octanol–water partition coefficient (Wildman–Crippen LogP) is 5.03. The van der Waals surface area contributed by atoms with Crippen LogP contribution in [0.1, 0.15) is 27.1 Å². The van der Waals surface area contributed by atoms with Crippen molar-refractivity contribution in [2.75, 3.05) is 87.8 Å². The Balaban J connectivity index is 1.30. The zero-order valence-electron chi connectivity index (χ0n) is 24.3. The number of rotatable bonds is 10. The highest BCUT2D eigenvalue weighted by atomic mass is 35.5. The monoisotopic (exact) mass is 625 g/mol. The van der Waals surface area contributed by atoms with Gasteiger partial charge in [-0.3, -0.25) is 14.5 Å². The number of hydrogen-bond donors (Lipinski definition) is 2. The summed E-state index contributed by atoms with van der Waals surface area (Å²) in [5.41, 5.74) is 3.24. The van der Waals surface area contributed by atoms with E-state index in [0.29, 0.717) is 33.4 Å². The molecule has 9 nitrogen and oxygen atoms in total. The van der Waals surface area contributed by atoms with Crippen molar-refractivity contribution < 1.29 is 19.1 Å². The molecule has 3 aromatic rings. The average Bonchev–Trinajstić information content (AvgIpc) is 3.03. The molecule has 5 rings (SSSR count). The maximum absolute atomic E-state index is 13.6. The highest BCUT2D eigenvalue weighted by molar-refractivity contribution is 6.35. The largest absolute Gasteiger partial charge is 0.495 e. The van der Waals surface area contributed by atoms with Gasteiger partial charge >= 0.3 is 0 Å². The maximum Gasteiger partial charge on any atom is 0.255 e. The van der Waals surface area contributed by atoms with Crippen molar-refractivity contribution in [2.45, 2.75) is 6.42 Å². The lowest BCUT2D eigenvalue weighted by molar-refractivity contribution is 0.0374. The number of benzene rings is 3. The third kappa shape index (κ3) is 8.12. The minimum Gasteiger partial charge on any atom is -0.495 e. The van der Waals surface area contributed by atoms with Gasteiger partial charge in [0.2, 0.25) is 0 Å². The van der Waals surface area contributed by atoms with Crippen molar-refractivity contribution in [1.82, 2.24) is 10.2 Å². The lowest BCUT2D eigenvalue weighted by Gasteiger charge is -2.38. The number of nitrogens with one attached hydrogen (secondary N) is 2. The molecule has 43 heavy (non-hydrogen) atoms. The lowest BCUT2D eigenvalue weighted by atomic mass is 10.1. The van der Waals surface area contributed by atoms with Gasteiger partial charge in [-0.15, -0.1) is 0 Å². The van der Waals surface area contributed by atoms with E-state index in [0.717, 1.165) is 82.6 Å². The molecule has 2 N–H and O–H groups in total. The number of carbonyl (C=O) groups is 2. The summed E-state index contributed by atoms with van der Waals surface area (Å²) in [6, 6.07) is 18.2. The molecular formula is C32H37Cl2N5O4. The van der Waals surface area contributed by atoms with E-state index < -0.39 is 0 Å². The molecule has 0 aliphatic carbocycles. The van der Waals surface area contributed by atoms with Crippen LogP contribution in [0.2, 0.25) is 10.0 Å². The summed E-state index contributed by atoms with van der Waals surface area (Å²) in [5.74, 6) is 0.305. The highest BCUT2D eigenvalue weighted by Gasteiger charge is 2.24. The van der Waals surface area contributed by atoms with E-state index in [-0.39, 0.29) is 11.8 Å². The van der Waals surface area contributed by atoms with E-state index in [9.17, 15) is 9.59 Å². The predicted molar refractivity (Wildman–Crippen MR) is 172 cm³/mol. The molecule has 2 heterocycles. The first-order valence-corrected chi connectivity index (χ1v) is 15.3. The molecule has 0 unspecified atom stereocenters. The van der Waals surface area contributed by atoms with Gasteiger partial charge in [-0.1, -0.05) is 35.3 Å². The van der Waals surface area contributed by atoms with Gasteiger partial charge in [0.25, 0.3) is 11.8 Å². The second-order valence-corrected chi connectivity index (χ2v) is 11.4. The van der Waals surface area contributed by atoms with Crippen LogP contribution < -0.4 is 25.2 Å². The molecular weight excluding hydrogens is 589 g/mol. The maximum atomic E-state index is 13.6. The topological polar surface area (TPSA) is 86.4 Å². The van der Waals surface area contributed by atoms with Crippen LogP contribution in [0, 0.1) is 0 Å². The van der Waals surface area contributed by atoms with Gasteiger partial charge in [-0.05, 0) is 61.5 Å². The molecule has 0 aromatic heterocycles. The van der Waals surface area contributed by atoms with E-state index >= 15 is 0 Å². The van der Waals surface area contributed by atoms with Crippen LogP contribution in [0.4, 0.5) is 17.1 Å². The van der Waals surface area contributed by atoms with Crippen molar-refractivity contribution in [1.29, 1.82) is 0 Å². The third-order valence-electron chi connectivity index (χ3n) is 7.71. The Morgan fingerprint density at radius 1 is 0.837 bits per heavy atom. The zero-order valence-corrected chi connectivity index (χ0v) is 25.8. The van der Waals surface area contributed by atoms with Crippen molar-refractivity contribution >= 4 is 52.1 Å². The Kier molecular flexibility index (Phi) is 10.6. The van der Waals surface area contributed by atoms with E-state index in [1.165, 1.54) is 0 Å². The first-order valence-electron chi connectivity index (χ1n) is 14.5. The molecule has 3 aromatic carbocycles. The van der Waals surface area contributed by atoms with Gasteiger partial charge in [-0.25, -0.2) is 0 Å². The fourth-order valence-electron chi connectivity index (χ4n) is 5.46. The third-order valence-corrected chi connectivity index (χ3v) is 8.15. The number of morpholine rings is 1. The van der Waals surface area contributed by atoms with E-state index in [1.807, 2.05) is 30.3 Å². The lowest BCUT2D eigenvalue weighted by Crippen LogP contribution is -2.47. The normalized spacial score (nSPS) is 15.7. The van der Waals surface area contributed by atoms with Crippen LogP contribution in [0.25, 0.3) is 0 Å². The van der Waals surface area contributed by atoms with Crippen molar-refractivity contribution in [3.05, 3.63) is 81.8 Å². The number of piperazine rings is 1. The van der Waals surface area contributed by atoms with Gasteiger partial charge < -0.3 is 29.9 Å². The second kappa shape index (κ2) is 14.8. The number of ether oxygens (including phenoxy) is 2. The molecule has 0 radical (unpaired) electrons. The molecule has 0 saturated carbocycles. The Bertz CT molecular complexity index is 1400. The molecule has 0 bridgehead atoms. The van der Waals surface area contributed by atoms with Gasteiger partial charge in [0.05, 0.1) is 31.6 Å². The quantitative estimate of drug-likeness (QED) is 0.306. The van der Waals surface area contributed by atoms with Crippen molar-refractivity contribution in [3.8, 4) is 5.75 Å². The van der Waals surface area contributed by atoms with Crippen molar-refractivity contribution in [3.63, 3.8) is 0 Å². The SMILES string of the molecule is COc1ccccc1N1CCN(c2ccc(NC(=O)c3cc(Cl)cc(Cl)c3)cc2C(=O)NCCCN2CCOCC2)CC1. The number of methoxy groups -OCH3 is 1. The molecule has 2 amide bonds. The number of amides is 2. The van der Waals surface area contributed by atoms with Crippen molar-refractivity contribution in [2.24, 2.45) is 0 Å². The van der Waals surface area contributed by atoms with Gasteiger partial charge in [0.15, 0.2) is 0 Å². The number of anilines is 3. The van der Waals surface area contributed by atoms with Crippen LogP contribution in [0.5, 0.6) is 5.75 Å². The average molecular weight is 627 g/mol. The molecule has 2 aliphatic heterocycles. The number of nitrogens with zero attached hydrogens (tertiary/aromatic N) is 3. The number of carbonyl (C=O) groups excluding carboxylic acids is 2. The van der Waals surface area contributed by atoms with Crippen LogP contribution >= 0.6 is 23.2 Å². The first-order chi connectivity index (χ1) is 20.9. The number of halogens is 2. The summed E-state index contributed by atoms with van der Waals surface area (Å²) >= 11 is 12.2. The molecule has 11 heteroatoms. The van der Waals surface area contributed by atoms with Gasteiger partial charge in [0.1, 0.15) is 5.75 Å². The summed E-state index contributed by atoms with van der Waals surface area (Å²) in [6.07, 6.45) is 0.838. The molecule has 228 valence electrons. The van der Waals surface area contributed by atoms with Crippen LogP contribution in [-0.2, 0) is 4.74 Å². The van der Waals surface area contributed by atoms with E-state index in [1.54, 1.807) is 31.4 Å².